The molecule has 3 aromatic heterocycles. The number of piperidine rings is 2. The Kier molecular flexibility index (Phi) is 12.7. The van der Waals surface area contributed by atoms with Crippen molar-refractivity contribution in [2.45, 2.75) is 76.7 Å². The molecule has 4 N–H and O–H groups in total. The first-order valence-corrected chi connectivity index (χ1v) is 21.6. The number of para-hydroxylation sites is 1. The van der Waals surface area contributed by atoms with Gasteiger partial charge in [-0.25, -0.2) is 0 Å². The number of aryl methyl sites for hydroxylation is 1. The average molecular weight is 800 g/mol. The number of fused-ring (bicyclic) bond motifs is 2. The predicted molar refractivity (Wildman–Crippen MR) is 230 cm³/mol. The highest BCUT2D eigenvalue weighted by atomic mass is 16.2. The minimum atomic E-state index is -0.614. The highest BCUT2D eigenvalue weighted by Crippen LogP contribution is 2.29. The van der Waals surface area contributed by atoms with Gasteiger partial charge in [0.15, 0.2) is 0 Å². The molecule has 3 fully saturated rings. The van der Waals surface area contributed by atoms with Gasteiger partial charge in [-0.2, -0.15) is 5.10 Å². The van der Waals surface area contributed by atoms with Crippen molar-refractivity contribution < 1.29 is 14.4 Å². The first-order chi connectivity index (χ1) is 28.8. The monoisotopic (exact) mass is 799 g/mol. The summed E-state index contributed by atoms with van der Waals surface area (Å²) in [6, 6.07) is 17.4. The number of aromatic nitrogens is 4. The zero-order valence-electron chi connectivity index (χ0n) is 34.1. The van der Waals surface area contributed by atoms with Gasteiger partial charge in [-0.3, -0.25) is 29.3 Å². The van der Waals surface area contributed by atoms with Gasteiger partial charge in [0, 0.05) is 86.2 Å². The van der Waals surface area contributed by atoms with Crippen molar-refractivity contribution in [3.63, 3.8) is 0 Å². The minimum Gasteiger partial charge on any atom is -0.368 e. The van der Waals surface area contributed by atoms with Crippen molar-refractivity contribution in [3.8, 4) is 0 Å². The number of hydrogen-bond donors (Lipinski definition) is 4. The quantitative estimate of drug-likeness (QED) is 0.129. The summed E-state index contributed by atoms with van der Waals surface area (Å²) in [6.07, 6.45) is 11.3. The van der Waals surface area contributed by atoms with Crippen LogP contribution in [-0.2, 0) is 20.8 Å². The molecule has 59 heavy (non-hydrogen) atoms. The van der Waals surface area contributed by atoms with Gasteiger partial charge in [0.2, 0.25) is 17.7 Å². The Hall–Kier alpha value is -5.56. The first kappa shape index (κ1) is 40.2. The summed E-state index contributed by atoms with van der Waals surface area (Å²) in [5.74, 6) is -0.0484. The van der Waals surface area contributed by atoms with E-state index in [1.54, 1.807) is 18.6 Å². The molecular formula is C46H57N9O4. The van der Waals surface area contributed by atoms with Gasteiger partial charge in [0.1, 0.15) is 6.04 Å². The van der Waals surface area contributed by atoms with E-state index in [0.717, 1.165) is 96.0 Å². The third-order valence-corrected chi connectivity index (χ3v) is 12.9. The SMILES string of the molecule is Cc1cc(C[C@@H](CCCC(=O)N2CCC(c3cc4ccccc4[nH]c3=O)CC2)C(=O)N[C@@H](CC2CCNCC2)C(=O)N2CCN(c3ccncc3)CC2)cc2cn[nH]c12. The van der Waals surface area contributed by atoms with Crippen LogP contribution in [0, 0.1) is 18.8 Å². The summed E-state index contributed by atoms with van der Waals surface area (Å²) in [5, 5.41) is 16.0. The van der Waals surface area contributed by atoms with E-state index >= 15 is 0 Å². The molecule has 0 unspecified atom stereocenters. The van der Waals surface area contributed by atoms with Crippen molar-refractivity contribution in [1.82, 2.24) is 40.6 Å². The predicted octanol–water partition coefficient (Wildman–Crippen LogP) is 5.07. The van der Waals surface area contributed by atoms with Crippen LogP contribution in [0.4, 0.5) is 5.69 Å². The Morgan fingerprint density at radius 3 is 2.42 bits per heavy atom. The van der Waals surface area contributed by atoms with E-state index in [1.807, 2.05) is 59.2 Å². The van der Waals surface area contributed by atoms with Gasteiger partial charge in [-0.1, -0.05) is 24.3 Å². The van der Waals surface area contributed by atoms with Crippen LogP contribution in [0.3, 0.4) is 0 Å². The molecule has 3 amide bonds. The molecule has 0 radical (unpaired) electrons. The van der Waals surface area contributed by atoms with Gasteiger partial charge in [0.05, 0.1) is 11.7 Å². The molecule has 13 nitrogen and oxygen atoms in total. The molecule has 5 aromatic rings. The molecule has 2 atom stereocenters. The molecule has 0 spiro atoms. The highest BCUT2D eigenvalue weighted by Gasteiger charge is 2.33. The number of amides is 3. The molecule has 3 aliphatic heterocycles. The van der Waals surface area contributed by atoms with Gasteiger partial charge in [-0.05, 0) is 130 Å². The zero-order valence-corrected chi connectivity index (χ0v) is 34.1. The van der Waals surface area contributed by atoms with Crippen molar-refractivity contribution >= 4 is 45.2 Å². The Morgan fingerprint density at radius 2 is 1.64 bits per heavy atom. The standard InChI is InChI=1S/C46H57N9O4/c1-31-25-33(27-37-30-49-52-43(31)37)26-36(6-4-8-42(56)54-19-13-34(14-20-54)39-29-35-5-2-3-7-40(35)50-45(39)58)44(57)51-41(28-32-9-15-47-16-10-32)46(59)55-23-21-53(22-24-55)38-11-17-48-18-12-38/h2-3,5,7,11-12,17-18,25,27,29-30,32,34,36,41,47H,4,6,8-10,13-16,19-24,26,28H2,1H3,(H,49,52)(H,50,58)(H,51,57)/t36-,41+/m1/s1. The van der Waals surface area contributed by atoms with Crippen LogP contribution in [0.2, 0.25) is 0 Å². The van der Waals surface area contributed by atoms with E-state index in [1.165, 1.54) is 0 Å². The largest absolute Gasteiger partial charge is 0.368 e. The number of piperazine rings is 1. The van der Waals surface area contributed by atoms with Crippen molar-refractivity contribution in [2.24, 2.45) is 11.8 Å². The maximum atomic E-state index is 14.5. The number of nitrogens with zero attached hydrogens (tertiary/aromatic N) is 5. The average Bonchev–Trinajstić information content (AvgIpc) is 3.76. The second-order valence-corrected chi connectivity index (χ2v) is 16.8. The van der Waals surface area contributed by atoms with Crippen LogP contribution in [-0.4, -0.2) is 106 Å². The number of pyridine rings is 2. The number of rotatable bonds is 13. The molecular weight excluding hydrogens is 743 g/mol. The maximum absolute atomic E-state index is 14.5. The molecule has 0 aliphatic carbocycles. The minimum absolute atomic E-state index is 0.00932. The Bertz CT molecular complexity index is 2290. The number of aromatic amines is 2. The topological polar surface area (TPSA) is 159 Å². The maximum Gasteiger partial charge on any atom is 0.251 e. The smallest absolute Gasteiger partial charge is 0.251 e. The fraction of sp³-hybridized carbons (Fsp3) is 0.478. The lowest BCUT2D eigenvalue weighted by atomic mass is 9.88. The number of anilines is 1. The zero-order chi connectivity index (χ0) is 40.7. The van der Waals surface area contributed by atoms with Crippen molar-refractivity contribution in [1.29, 1.82) is 0 Å². The van der Waals surface area contributed by atoms with Gasteiger partial charge in [-0.15, -0.1) is 0 Å². The summed E-state index contributed by atoms with van der Waals surface area (Å²) >= 11 is 0. The van der Waals surface area contributed by atoms with Crippen molar-refractivity contribution in [2.75, 3.05) is 57.3 Å². The highest BCUT2D eigenvalue weighted by molar-refractivity contribution is 5.89. The number of H-pyrrole nitrogens is 2. The summed E-state index contributed by atoms with van der Waals surface area (Å²) in [6.45, 7) is 7.68. The first-order valence-electron chi connectivity index (χ1n) is 21.6. The molecule has 13 heteroatoms. The van der Waals surface area contributed by atoms with Gasteiger partial charge in [0.25, 0.3) is 5.56 Å². The number of carbonyl (C=O) groups excluding carboxylic acids is 3. The number of carbonyl (C=O) groups is 3. The Morgan fingerprint density at radius 1 is 0.881 bits per heavy atom. The molecule has 6 heterocycles. The summed E-state index contributed by atoms with van der Waals surface area (Å²) in [7, 11) is 0. The molecule has 3 aliphatic rings. The van der Waals surface area contributed by atoms with Crippen LogP contribution in [0.25, 0.3) is 21.8 Å². The van der Waals surface area contributed by atoms with E-state index in [0.29, 0.717) is 64.2 Å². The second kappa shape index (κ2) is 18.6. The third-order valence-electron chi connectivity index (χ3n) is 12.9. The lowest BCUT2D eigenvalue weighted by Crippen LogP contribution is -2.56. The molecule has 0 saturated carbocycles. The lowest BCUT2D eigenvalue weighted by molar-refractivity contribution is -0.138. The molecule has 310 valence electrons. The van der Waals surface area contributed by atoms with Crippen LogP contribution in [0.5, 0.6) is 0 Å². The Labute approximate surface area is 345 Å². The summed E-state index contributed by atoms with van der Waals surface area (Å²) < 4.78 is 0. The number of nitrogens with one attached hydrogen (secondary N) is 4. The second-order valence-electron chi connectivity index (χ2n) is 16.8. The summed E-state index contributed by atoms with van der Waals surface area (Å²) in [5.41, 5.74) is 5.73. The fourth-order valence-electron chi connectivity index (χ4n) is 9.53. The molecule has 8 rings (SSSR count). The molecule has 2 aromatic carbocycles. The summed E-state index contributed by atoms with van der Waals surface area (Å²) in [4.78, 5) is 68.7. The van der Waals surface area contributed by atoms with Crippen LogP contribution >= 0.6 is 0 Å². The van der Waals surface area contributed by atoms with E-state index in [2.05, 4.69) is 47.8 Å². The van der Waals surface area contributed by atoms with Crippen LogP contribution in [0.1, 0.15) is 74.0 Å². The van der Waals surface area contributed by atoms with Crippen LogP contribution < -0.4 is 21.1 Å². The molecule has 3 saturated heterocycles. The Balaban J connectivity index is 0.929. The van der Waals surface area contributed by atoms with E-state index < -0.39 is 12.0 Å². The van der Waals surface area contributed by atoms with E-state index in [-0.39, 0.29) is 29.2 Å². The van der Waals surface area contributed by atoms with Gasteiger partial charge < -0.3 is 30.3 Å². The van der Waals surface area contributed by atoms with Gasteiger partial charge >= 0.3 is 0 Å². The number of likely N-dealkylation sites (tertiary alicyclic amines) is 1. The van der Waals surface area contributed by atoms with Crippen molar-refractivity contribution in [3.05, 3.63) is 100 Å². The lowest BCUT2D eigenvalue weighted by Gasteiger charge is -2.38. The van der Waals surface area contributed by atoms with Crippen LogP contribution in [0.15, 0.2) is 78.0 Å². The molecule has 0 bridgehead atoms. The van der Waals surface area contributed by atoms with E-state index in [4.69, 9.17) is 0 Å². The number of hydrogen-bond acceptors (Lipinski definition) is 8. The van der Waals surface area contributed by atoms with E-state index in [9.17, 15) is 19.2 Å². The normalized spacial score (nSPS) is 17.9. The fourth-order valence-corrected chi connectivity index (χ4v) is 9.53. The third kappa shape index (κ3) is 9.67. The number of benzene rings is 2.